The predicted octanol–water partition coefficient (Wildman–Crippen LogP) is 2.58. The standard InChI is InChI=1S/C8H16O/c1-5-7(3)8(4)9-6-2/h7H,4-6H2,1-3H3. The lowest BCUT2D eigenvalue weighted by Crippen LogP contribution is -2.00. The topological polar surface area (TPSA) is 9.23 Å². The van der Waals surface area contributed by atoms with E-state index in [-0.39, 0.29) is 0 Å². The zero-order valence-corrected chi connectivity index (χ0v) is 6.61. The third-order valence-electron chi connectivity index (χ3n) is 1.49. The molecule has 1 nitrogen and oxygen atoms in total. The lowest BCUT2D eigenvalue weighted by molar-refractivity contribution is 0.195. The Morgan fingerprint density at radius 1 is 1.56 bits per heavy atom. The quantitative estimate of drug-likeness (QED) is 0.529. The molecule has 1 heteroatoms. The lowest BCUT2D eigenvalue weighted by atomic mass is 10.1. The van der Waals surface area contributed by atoms with Crippen LogP contribution in [0, 0.1) is 5.92 Å². The van der Waals surface area contributed by atoms with E-state index in [4.69, 9.17) is 4.74 Å². The fraction of sp³-hybridized carbons (Fsp3) is 0.750. The molecule has 0 amide bonds. The minimum Gasteiger partial charge on any atom is -0.499 e. The molecule has 0 heterocycles. The summed E-state index contributed by atoms with van der Waals surface area (Å²) in [7, 11) is 0. The Hall–Kier alpha value is -0.460. The summed E-state index contributed by atoms with van der Waals surface area (Å²) in [5, 5.41) is 0. The van der Waals surface area contributed by atoms with Crippen LogP contribution in [0.1, 0.15) is 27.2 Å². The minimum absolute atomic E-state index is 0.505. The van der Waals surface area contributed by atoms with E-state index < -0.39 is 0 Å². The van der Waals surface area contributed by atoms with Gasteiger partial charge in [0.25, 0.3) is 0 Å². The van der Waals surface area contributed by atoms with Crippen LogP contribution >= 0.6 is 0 Å². The molecule has 0 aliphatic rings. The number of rotatable bonds is 4. The van der Waals surface area contributed by atoms with Gasteiger partial charge < -0.3 is 4.74 Å². The molecule has 0 aromatic carbocycles. The summed E-state index contributed by atoms with van der Waals surface area (Å²) in [6.07, 6.45) is 1.11. The summed E-state index contributed by atoms with van der Waals surface area (Å²) < 4.78 is 5.20. The molecule has 0 aliphatic carbocycles. The summed E-state index contributed by atoms with van der Waals surface area (Å²) in [5.74, 6) is 1.42. The van der Waals surface area contributed by atoms with Gasteiger partial charge in [-0.2, -0.15) is 0 Å². The van der Waals surface area contributed by atoms with Gasteiger partial charge in [-0.05, 0) is 13.3 Å². The Morgan fingerprint density at radius 2 is 2.11 bits per heavy atom. The summed E-state index contributed by atoms with van der Waals surface area (Å²) in [6.45, 7) is 10.8. The molecule has 0 rings (SSSR count). The summed E-state index contributed by atoms with van der Waals surface area (Å²) in [4.78, 5) is 0. The third-order valence-corrected chi connectivity index (χ3v) is 1.49. The van der Waals surface area contributed by atoms with Gasteiger partial charge in [0.1, 0.15) is 0 Å². The molecule has 0 aromatic rings. The van der Waals surface area contributed by atoms with Crippen LogP contribution in [0.15, 0.2) is 12.3 Å². The molecule has 0 aliphatic heterocycles. The number of hydrogen-bond acceptors (Lipinski definition) is 1. The van der Waals surface area contributed by atoms with Crippen LogP contribution in [-0.2, 0) is 4.74 Å². The van der Waals surface area contributed by atoms with E-state index in [0.29, 0.717) is 5.92 Å². The summed E-state index contributed by atoms with van der Waals surface area (Å²) >= 11 is 0. The molecule has 0 bridgehead atoms. The van der Waals surface area contributed by atoms with E-state index in [2.05, 4.69) is 20.4 Å². The summed E-state index contributed by atoms with van der Waals surface area (Å²) in [6, 6.07) is 0. The Morgan fingerprint density at radius 3 is 2.44 bits per heavy atom. The van der Waals surface area contributed by atoms with Crippen molar-refractivity contribution in [1.29, 1.82) is 0 Å². The van der Waals surface area contributed by atoms with Gasteiger partial charge in [-0.15, -0.1) is 0 Å². The smallest absolute Gasteiger partial charge is 0.0915 e. The van der Waals surface area contributed by atoms with E-state index in [1.807, 2.05) is 6.92 Å². The van der Waals surface area contributed by atoms with Gasteiger partial charge in [0, 0.05) is 5.92 Å². The first kappa shape index (κ1) is 8.54. The normalized spacial score (nSPS) is 12.8. The van der Waals surface area contributed by atoms with Crippen molar-refractivity contribution in [2.45, 2.75) is 27.2 Å². The number of ether oxygens (including phenoxy) is 1. The number of allylic oxidation sites excluding steroid dienone is 1. The van der Waals surface area contributed by atoms with Gasteiger partial charge >= 0.3 is 0 Å². The van der Waals surface area contributed by atoms with Gasteiger partial charge in [-0.1, -0.05) is 20.4 Å². The average molecular weight is 128 g/mol. The highest BCUT2D eigenvalue weighted by atomic mass is 16.5. The van der Waals surface area contributed by atoms with E-state index in [0.717, 1.165) is 18.8 Å². The fourth-order valence-corrected chi connectivity index (χ4v) is 0.555. The van der Waals surface area contributed by atoms with Gasteiger partial charge in [-0.3, -0.25) is 0 Å². The highest BCUT2D eigenvalue weighted by Gasteiger charge is 2.02. The first-order valence-electron chi connectivity index (χ1n) is 3.53. The molecule has 0 spiro atoms. The Labute approximate surface area is 57.7 Å². The maximum Gasteiger partial charge on any atom is 0.0915 e. The first-order valence-corrected chi connectivity index (χ1v) is 3.53. The van der Waals surface area contributed by atoms with Crippen LogP contribution < -0.4 is 0 Å². The highest BCUT2D eigenvalue weighted by Crippen LogP contribution is 2.12. The second-order valence-electron chi connectivity index (χ2n) is 2.21. The monoisotopic (exact) mass is 128 g/mol. The van der Waals surface area contributed by atoms with Crippen molar-refractivity contribution in [3.8, 4) is 0 Å². The third kappa shape index (κ3) is 3.17. The molecule has 0 saturated carbocycles. The zero-order chi connectivity index (χ0) is 7.28. The van der Waals surface area contributed by atoms with Crippen molar-refractivity contribution in [3.63, 3.8) is 0 Å². The Bertz CT molecular complexity index is 86.6. The van der Waals surface area contributed by atoms with Crippen LogP contribution in [-0.4, -0.2) is 6.61 Å². The molecule has 54 valence electrons. The van der Waals surface area contributed by atoms with Crippen molar-refractivity contribution >= 4 is 0 Å². The van der Waals surface area contributed by atoms with Gasteiger partial charge in [0.05, 0.1) is 12.4 Å². The largest absolute Gasteiger partial charge is 0.499 e. The second kappa shape index (κ2) is 4.42. The van der Waals surface area contributed by atoms with Crippen LogP contribution in [0.5, 0.6) is 0 Å². The van der Waals surface area contributed by atoms with Crippen molar-refractivity contribution < 1.29 is 4.74 Å². The molecule has 1 unspecified atom stereocenters. The average Bonchev–Trinajstić information content (AvgIpc) is 1.87. The lowest BCUT2D eigenvalue weighted by Gasteiger charge is -2.11. The Kier molecular flexibility index (Phi) is 4.20. The van der Waals surface area contributed by atoms with Crippen molar-refractivity contribution in [2.75, 3.05) is 6.61 Å². The van der Waals surface area contributed by atoms with Crippen LogP contribution in [0.4, 0.5) is 0 Å². The van der Waals surface area contributed by atoms with Crippen LogP contribution in [0.25, 0.3) is 0 Å². The molecule has 0 N–H and O–H groups in total. The van der Waals surface area contributed by atoms with Crippen LogP contribution in [0.2, 0.25) is 0 Å². The SMILES string of the molecule is C=C(OCC)C(C)CC. The van der Waals surface area contributed by atoms with Crippen molar-refractivity contribution in [3.05, 3.63) is 12.3 Å². The highest BCUT2D eigenvalue weighted by molar-refractivity contribution is 4.87. The van der Waals surface area contributed by atoms with Crippen molar-refractivity contribution in [1.82, 2.24) is 0 Å². The molecule has 0 aromatic heterocycles. The molecule has 0 radical (unpaired) electrons. The van der Waals surface area contributed by atoms with Gasteiger partial charge in [0.15, 0.2) is 0 Å². The molecular weight excluding hydrogens is 112 g/mol. The molecule has 0 fully saturated rings. The zero-order valence-electron chi connectivity index (χ0n) is 6.61. The van der Waals surface area contributed by atoms with Gasteiger partial charge in [-0.25, -0.2) is 0 Å². The van der Waals surface area contributed by atoms with E-state index >= 15 is 0 Å². The molecule has 0 saturated heterocycles. The molecule has 1 atom stereocenters. The first-order chi connectivity index (χ1) is 4.22. The molecule has 9 heavy (non-hydrogen) atoms. The second-order valence-corrected chi connectivity index (χ2v) is 2.21. The number of hydrogen-bond donors (Lipinski definition) is 0. The van der Waals surface area contributed by atoms with E-state index in [1.165, 1.54) is 0 Å². The fourth-order valence-electron chi connectivity index (χ4n) is 0.555. The van der Waals surface area contributed by atoms with Crippen molar-refractivity contribution in [2.24, 2.45) is 5.92 Å². The molecular formula is C8H16O. The van der Waals surface area contributed by atoms with E-state index in [1.54, 1.807) is 0 Å². The maximum atomic E-state index is 5.20. The van der Waals surface area contributed by atoms with Crippen LogP contribution in [0.3, 0.4) is 0 Å². The predicted molar refractivity (Wildman–Crippen MR) is 40.2 cm³/mol. The Balaban J connectivity index is 3.46. The minimum atomic E-state index is 0.505. The maximum absolute atomic E-state index is 5.20. The summed E-state index contributed by atoms with van der Waals surface area (Å²) in [5.41, 5.74) is 0. The van der Waals surface area contributed by atoms with Gasteiger partial charge in [0.2, 0.25) is 0 Å². The van der Waals surface area contributed by atoms with E-state index in [9.17, 15) is 0 Å².